The highest BCUT2D eigenvalue weighted by Crippen LogP contribution is 2.14. The summed E-state index contributed by atoms with van der Waals surface area (Å²) in [6.07, 6.45) is 27.2. The van der Waals surface area contributed by atoms with Crippen LogP contribution in [0.15, 0.2) is 17.1 Å². The second kappa shape index (κ2) is 17.4. The summed E-state index contributed by atoms with van der Waals surface area (Å²) in [5.41, 5.74) is 0. The Morgan fingerprint density at radius 2 is 1.44 bits per heavy atom. The maximum Gasteiger partial charge on any atom is 0.185 e. The summed E-state index contributed by atoms with van der Waals surface area (Å²) in [5.74, 6) is 0. The van der Waals surface area contributed by atoms with Crippen molar-refractivity contribution in [2.75, 3.05) is 32.8 Å². The lowest BCUT2D eigenvalue weighted by Gasteiger charge is -2.29. The van der Waals surface area contributed by atoms with Gasteiger partial charge < -0.3 is 5.11 Å². The highest BCUT2D eigenvalue weighted by molar-refractivity contribution is 5.48. The molecule has 0 saturated carbocycles. The summed E-state index contributed by atoms with van der Waals surface area (Å²) in [6, 6.07) is 0. The highest BCUT2D eigenvalue weighted by atomic mass is 16.2. The van der Waals surface area contributed by atoms with Crippen LogP contribution in [-0.2, 0) is 0 Å². The van der Waals surface area contributed by atoms with Gasteiger partial charge >= 0.3 is 0 Å². The molecular weight excluding hydrogens is 332 g/mol. The first kappa shape index (κ1) is 24.4. The molecule has 158 valence electrons. The summed E-state index contributed by atoms with van der Waals surface area (Å²) >= 11 is 0. The minimum absolute atomic E-state index is 0.311. The van der Waals surface area contributed by atoms with Gasteiger partial charge in [-0.1, -0.05) is 83.6 Å². The fourth-order valence-corrected chi connectivity index (χ4v) is 3.99. The lowest BCUT2D eigenvalue weighted by Crippen LogP contribution is -2.46. The molecule has 0 radical (unpaired) electrons. The monoisotopic (exact) mass is 379 g/mol. The van der Waals surface area contributed by atoms with Crippen molar-refractivity contribution >= 4 is 6.34 Å². The summed E-state index contributed by atoms with van der Waals surface area (Å²) in [6.45, 7) is 6.89. The van der Waals surface area contributed by atoms with E-state index >= 15 is 0 Å². The standard InChI is InChI=1S/C24H47N2O/c1-2-3-4-5-6-7-8-9-10-11-12-13-14-15-16-20-26(21-17-18-23-27)22-19-25-24-26/h15-16,24,27H,2-14,17-23H2,1H3/q+1. The Labute approximate surface area is 169 Å². The van der Waals surface area contributed by atoms with Crippen LogP contribution in [0.25, 0.3) is 0 Å². The van der Waals surface area contributed by atoms with Crippen molar-refractivity contribution in [3.8, 4) is 0 Å². The molecule has 0 fully saturated rings. The third-order valence-corrected chi connectivity index (χ3v) is 5.87. The van der Waals surface area contributed by atoms with Gasteiger partial charge in [0.15, 0.2) is 6.34 Å². The first-order chi connectivity index (χ1) is 13.3. The molecule has 1 unspecified atom stereocenters. The van der Waals surface area contributed by atoms with Crippen molar-refractivity contribution in [1.29, 1.82) is 0 Å². The molecule has 0 aromatic carbocycles. The highest BCUT2D eigenvalue weighted by Gasteiger charge is 2.27. The summed E-state index contributed by atoms with van der Waals surface area (Å²) in [5, 5.41) is 8.99. The van der Waals surface area contributed by atoms with Crippen LogP contribution >= 0.6 is 0 Å². The smallest absolute Gasteiger partial charge is 0.185 e. The first-order valence-electron chi connectivity index (χ1n) is 12.0. The van der Waals surface area contributed by atoms with Gasteiger partial charge in [-0.25, -0.2) is 4.99 Å². The van der Waals surface area contributed by atoms with Gasteiger partial charge in [0.05, 0.1) is 13.1 Å². The van der Waals surface area contributed by atoms with Crippen molar-refractivity contribution in [3.63, 3.8) is 0 Å². The number of rotatable bonds is 19. The summed E-state index contributed by atoms with van der Waals surface area (Å²) in [7, 11) is 0. The molecule has 0 spiro atoms. The molecule has 1 aliphatic heterocycles. The lowest BCUT2D eigenvalue weighted by atomic mass is 10.0. The van der Waals surface area contributed by atoms with E-state index in [1.165, 1.54) is 83.5 Å². The molecule has 0 bridgehead atoms. The molecular formula is C24H47N2O+. The van der Waals surface area contributed by atoms with Crippen LogP contribution in [0.2, 0.25) is 0 Å². The Morgan fingerprint density at radius 3 is 2.00 bits per heavy atom. The van der Waals surface area contributed by atoms with Crippen LogP contribution < -0.4 is 0 Å². The van der Waals surface area contributed by atoms with Gasteiger partial charge in [-0.3, -0.25) is 4.48 Å². The molecule has 27 heavy (non-hydrogen) atoms. The minimum Gasteiger partial charge on any atom is -0.396 e. The van der Waals surface area contributed by atoms with Gasteiger partial charge in [-0.2, -0.15) is 0 Å². The molecule has 3 nitrogen and oxygen atoms in total. The Hall–Kier alpha value is -0.670. The van der Waals surface area contributed by atoms with Gasteiger partial charge in [-0.05, 0) is 31.8 Å². The number of aliphatic hydroxyl groups excluding tert-OH is 1. The van der Waals surface area contributed by atoms with Gasteiger partial charge in [0.1, 0.15) is 13.1 Å². The molecule has 0 aromatic rings. The van der Waals surface area contributed by atoms with Crippen molar-refractivity contribution in [2.24, 2.45) is 4.99 Å². The number of nitrogens with zero attached hydrogens (tertiary/aromatic N) is 2. The minimum atomic E-state index is 0.311. The fraction of sp³-hybridized carbons (Fsp3) is 0.875. The maximum absolute atomic E-state index is 8.99. The third-order valence-electron chi connectivity index (χ3n) is 5.87. The maximum atomic E-state index is 8.99. The number of aliphatic hydroxyl groups is 1. The Bertz CT molecular complexity index is 381. The molecule has 1 heterocycles. The topological polar surface area (TPSA) is 32.6 Å². The van der Waals surface area contributed by atoms with E-state index in [1.54, 1.807) is 0 Å². The van der Waals surface area contributed by atoms with Gasteiger partial charge in [0.25, 0.3) is 0 Å². The third kappa shape index (κ3) is 13.2. The van der Waals surface area contributed by atoms with Crippen molar-refractivity contribution in [1.82, 2.24) is 0 Å². The number of unbranched alkanes of at least 4 members (excludes halogenated alkanes) is 13. The van der Waals surface area contributed by atoms with Crippen LogP contribution in [0.4, 0.5) is 0 Å². The predicted octanol–water partition coefficient (Wildman–Crippen LogP) is 6.27. The molecule has 0 aliphatic carbocycles. The van der Waals surface area contributed by atoms with Crippen molar-refractivity contribution in [3.05, 3.63) is 12.2 Å². The number of hydrogen-bond donors (Lipinski definition) is 1. The number of quaternary nitrogens is 1. The molecule has 1 atom stereocenters. The zero-order valence-corrected chi connectivity index (χ0v) is 18.2. The SMILES string of the molecule is CCCCCCCCCCCCCCC=CC[N+]1(CCCCO)C=NCC1. The van der Waals surface area contributed by atoms with Crippen LogP contribution in [0.3, 0.4) is 0 Å². The average molecular weight is 380 g/mol. The number of hydrogen-bond acceptors (Lipinski definition) is 2. The van der Waals surface area contributed by atoms with E-state index in [0.717, 1.165) is 43.5 Å². The van der Waals surface area contributed by atoms with E-state index in [-0.39, 0.29) is 0 Å². The van der Waals surface area contributed by atoms with Gasteiger partial charge in [-0.15, -0.1) is 0 Å². The van der Waals surface area contributed by atoms with Crippen LogP contribution in [0.1, 0.15) is 103 Å². The molecule has 1 rings (SSSR count). The normalized spacial score (nSPS) is 19.5. The van der Waals surface area contributed by atoms with E-state index in [1.807, 2.05) is 0 Å². The molecule has 0 aromatic heterocycles. The van der Waals surface area contributed by atoms with Crippen LogP contribution in [-0.4, -0.2) is 48.7 Å². The van der Waals surface area contributed by atoms with E-state index in [2.05, 4.69) is 30.4 Å². The van der Waals surface area contributed by atoms with Gasteiger partial charge in [0, 0.05) is 6.61 Å². The average Bonchev–Trinajstić information content (AvgIpc) is 3.14. The largest absolute Gasteiger partial charge is 0.396 e. The second-order valence-electron chi connectivity index (χ2n) is 8.45. The molecule has 0 saturated heterocycles. The van der Waals surface area contributed by atoms with Crippen LogP contribution in [0, 0.1) is 0 Å². The quantitative estimate of drug-likeness (QED) is 0.160. The van der Waals surface area contributed by atoms with E-state index in [0.29, 0.717) is 6.61 Å². The number of aliphatic imine (C=N–C) groups is 1. The molecule has 0 amide bonds. The Morgan fingerprint density at radius 1 is 0.815 bits per heavy atom. The van der Waals surface area contributed by atoms with E-state index in [4.69, 9.17) is 5.11 Å². The molecule has 1 aliphatic rings. The van der Waals surface area contributed by atoms with Gasteiger partial charge in [0.2, 0.25) is 0 Å². The summed E-state index contributed by atoms with van der Waals surface area (Å²) in [4.78, 5) is 4.45. The summed E-state index contributed by atoms with van der Waals surface area (Å²) < 4.78 is 0.995. The number of allylic oxidation sites excluding steroid dienone is 1. The van der Waals surface area contributed by atoms with E-state index in [9.17, 15) is 0 Å². The fourth-order valence-electron chi connectivity index (χ4n) is 3.99. The second-order valence-corrected chi connectivity index (χ2v) is 8.45. The molecule has 3 heteroatoms. The predicted molar refractivity (Wildman–Crippen MR) is 119 cm³/mol. The Kier molecular flexibility index (Phi) is 15.7. The zero-order chi connectivity index (χ0) is 19.5. The first-order valence-corrected chi connectivity index (χ1v) is 12.0. The Balaban J connectivity index is 1.91. The van der Waals surface area contributed by atoms with Crippen molar-refractivity contribution in [2.45, 2.75) is 103 Å². The van der Waals surface area contributed by atoms with Crippen LogP contribution in [0.5, 0.6) is 0 Å². The lowest BCUT2D eigenvalue weighted by molar-refractivity contribution is -0.822. The van der Waals surface area contributed by atoms with Crippen molar-refractivity contribution < 1.29 is 9.59 Å². The van der Waals surface area contributed by atoms with E-state index < -0.39 is 0 Å². The molecule has 1 N–H and O–H groups in total. The zero-order valence-electron chi connectivity index (χ0n) is 18.2.